The Morgan fingerprint density at radius 1 is 0.938 bits per heavy atom. The fraction of sp³-hybridized carbons (Fsp3) is 0.0526. The van der Waals surface area contributed by atoms with Gasteiger partial charge in [0.05, 0.1) is 16.2 Å². The van der Waals surface area contributed by atoms with Crippen LogP contribution in [0.25, 0.3) is 0 Å². The Kier molecular flexibility index (Phi) is 6.77. The second-order valence-corrected chi connectivity index (χ2v) is 8.91. The number of hydrogen-bond acceptors (Lipinski definition) is 5. The lowest BCUT2D eigenvalue weighted by Gasteiger charge is -2.13. The van der Waals surface area contributed by atoms with Gasteiger partial charge in [0.15, 0.2) is 10.9 Å². The van der Waals surface area contributed by atoms with Crippen LogP contribution in [0, 0.1) is 0 Å². The van der Waals surface area contributed by atoms with Gasteiger partial charge in [0.2, 0.25) is 0 Å². The van der Waals surface area contributed by atoms with Crippen molar-refractivity contribution in [2.24, 2.45) is 0 Å². The Balaban J connectivity index is 1.62. The van der Waals surface area contributed by atoms with Crippen LogP contribution in [0.4, 0.5) is 30.2 Å². The Labute approximate surface area is 190 Å². The maximum Gasteiger partial charge on any atom is 0.501 e. The SMILES string of the molecule is O=C(Nc1ccc(NC(=S)Nc2ccc(S(=O)(=O)C(F)(F)F)c(Cl)c2)cc1)c1ccco1. The monoisotopic (exact) mass is 503 g/mol. The van der Waals surface area contributed by atoms with Crippen LogP contribution in [0.15, 0.2) is 70.2 Å². The van der Waals surface area contributed by atoms with Crippen molar-refractivity contribution in [3.05, 3.63) is 71.6 Å². The molecule has 32 heavy (non-hydrogen) atoms. The van der Waals surface area contributed by atoms with E-state index < -0.39 is 31.2 Å². The van der Waals surface area contributed by atoms with Crippen LogP contribution in [0.5, 0.6) is 0 Å². The molecule has 7 nitrogen and oxygen atoms in total. The Bertz CT molecular complexity index is 1250. The minimum Gasteiger partial charge on any atom is -0.459 e. The molecule has 1 heterocycles. The van der Waals surface area contributed by atoms with Gasteiger partial charge in [-0.3, -0.25) is 4.79 Å². The Morgan fingerprint density at radius 3 is 2.03 bits per heavy atom. The lowest BCUT2D eigenvalue weighted by molar-refractivity contribution is -0.0436. The molecule has 3 rings (SSSR count). The summed E-state index contributed by atoms with van der Waals surface area (Å²) in [5.74, 6) is -0.258. The Morgan fingerprint density at radius 2 is 1.50 bits per heavy atom. The van der Waals surface area contributed by atoms with Crippen LogP contribution in [-0.2, 0) is 9.84 Å². The zero-order valence-corrected chi connectivity index (χ0v) is 18.1. The van der Waals surface area contributed by atoms with E-state index in [0.717, 1.165) is 18.2 Å². The van der Waals surface area contributed by atoms with Crippen LogP contribution in [-0.4, -0.2) is 24.9 Å². The van der Waals surface area contributed by atoms with E-state index in [-0.39, 0.29) is 16.6 Å². The first kappa shape index (κ1) is 23.6. The summed E-state index contributed by atoms with van der Waals surface area (Å²) in [6, 6.07) is 12.4. The molecule has 0 aliphatic carbocycles. The molecule has 0 unspecified atom stereocenters. The van der Waals surface area contributed by atoms with E-state index in [1.165, 1.54) is 12.3 Å². The van der Waals surface area contributed by atoms with Crippen molar-refractivity contribution in [3.8, 4) is 0 Å². The third-order valence-corrected chi connectivity index (χ3v) is 6.10. The number of sulfone groups is 1. The summed E-state index contributed by atoms with van der Waals surface area (Å²) in [5, 5.41) is 7.64. The summed E-state index contributed by atoms with van der Waals surface area (Å²) >= 11 is 10.9. The first-order valence-corrected chi connectivity index (χ1v) is 10.9. The molecule has 0 fully saturated rings. The van der Waals surface area contributed by atoms with Gasteiger partial charge in [-0.05, 0) is 66.8 Å². The zero-order chi connectivity index (χ0) is 23.5. The molecule has 0 radical (unpaired) electrons. The summed E-state index contributed by atoms with van der Waals surface area (Å²) in [5.41, 5.74) is -4.24. The highest BCUT2D eigenvalue weighted by Crippen LogP contribution is 2.35. The predicted octanol–water partition coefficient (Wildman–Crippen LogP) is 5.29. The molecule has 0 aliphatic heterocycles. The number of alkyl halides is 3. The van der Waals surface area contributed by atoms with E-state index in [9.17, 15) is 26.4 Å². The van der Waals surface area contributed by atoms with E-state index in [2.05, 4.69) is 16.0 Å². The van der Waals surface area contributed by atoms with Gasteiger partial charge in [-0.15, -0.1) is 0 Å². The molecule has 168 valence electrons. The quantitative estimate of drug-likeness (QED) is 0.407. The summed E-state index contributed by atoms with van der Waals surface area (Å²) in [6.07, 6.45) is 1.38. The van der Waals surface area contributed by atoms with Crippen LogP contribution < -0.4 is 16.0 Å². The topological polar surface area (TPSA) is 100 Å². The van der Waals surface area contributed by atoms with E-state index in [4.69, 9.17) is 28.2 Å². The molecule has 3 N–H and O–H groups in total. The van der Waals surface area contributed by atoms with Gasteiger partial charge < -0.3 is 20.4 Å². The molecule has 1 aromatic heterocycles. The average molecular weight is 504 g/mol. The van der Waals surface area contributed by atoms with E-state index in [1.54, 1.807) is 30.3 Å². The fourth-order valence-electron chi connectivity index (χ4n) is 2.45. The van der Waals surface area contributed by atoms with Crippen molar-refractivity contribution in [1.29, 1.82) is 0 Å². The molecule has 0 atom stereocenters. The van der Waals surface area contributed by atoms with Gasteiger partial charge in [0, 0.05) is 17.1 Å². The number of rotatable bonds is 5. The predicted molar refractivity (Wildman–Crippen MR) is 118 cm³/mol. The minimum atomic E-state index is -5.57. The molecule has 3 aromatic rings. The molecule has 0 saturated carbocycles. The number of thiocarbonyl (C=S) groups is 1. The van der Waals surface area contributed by atoms with Crippen molar-refractivity contribution >= 4 is 61.7 Å². The standard InChI is InChI=1S/C19H13ClF3N3O4S2/c20-14-10-13(7-8-16(14)32(28,29)19(21,22)23)26-18(31)25-12-5-3-11(4-6-12)24-17(27)15-2-1-9-30-15/h1-10H,(H,24,27)(H2,25,26,31). The number of benzene rings is 2. The number of carbonyl (C=O) groups excluding carboxylic acids is 1. The van der Waals surface area contributed by atoms with Gasteiger partial charge in [0.1, 0.15) is 0 Å². The average Bonchev–Trinajstić information content (AvgIpc) is 3.23. The van der Waals surface area contributed by atoms with Crippen molar-refractivity contribution in [1.82, 2.24) is 0 Å². The van der Waals surface area contributed by atoms with Crippen LogP contribution in [0.1, 0.15) is 10.6 Å². The van der Waals surface area contributed by atoms with Gasteiger partial charge in [-0.25, -0.2) is 8.42 Å². The van der Waals surface area contributed by atoms with E-state index in [0.29, 0.717) is 11.4 Å². The number of hydrogen-bond donors (Lipinski definition) is 3. The fourth-order valence-corrected chi connectivity index (χ4v) is 3.99. The summed E-state index contributed by atoms with van der Waals surface area (Å²) in [7, 11) is -5.57. The molecule has 13 heteroatoms. The lowest BCUT2D eigenvalue weighted by Crippen LogP contribution is -2.24. The molecule has 1 amide bonds. The minimum absolute atomic E-state index is 0.0693. The largest absolute Gasteiger partial charge is 0.501 e. The maximum absolute atomic E-state index is 12.7. The number of amides is 1. The molecular weight excluding hydrogens is 491 g/mol. The molecule has 0 bridgehead atoms. The number of nitrogens with one attached hydrogen (secondary N) is 3. The Hall–Kier alpha value is -3.09. The molecule has 2 aromatic carbocycles. The van der Waals surface area contributed by atoms with E-state index >= 15 is 0 Å². The number of halogens is 4. The third-order valence-electron chi connectivity index (χ3n) is 3.93. The van der Waals surface area contributed by atoms with Gasteiger partial charge in [-0.2, -0.15) is 13.2 Å². The lowest BCUT2D eigenvalue weighted by atomic mass is 10.2. The smallest absolute Gasteiger partial charge is 0.459 e. The van der Waals surface area contributed by atoms with Gasteiger partial charge in [-0.1, -0.05) is 11.6 Å². The highest BCUT2D eigenvalue weighted by molar-refractivity contribution is 7.92. The van der Waals surface area contributed by atoms with Gasteiger partial charge in [0.25, 0.3) is 15.7 Å². The second kappa shape index (κ2) is 9.18. The van der Waals surface area contributed by atoms with Gasteiger partial charge >= 0.3 is 5.51 Å². The first-order chi connectivity index (χ1) is 15.0. The molecule has 0 spiro atoms. The van der Waals surface area contributed by atoms with Crippen molar-refractivity contribution < 1.29 is 30.8 Å². The van der Waals surface area contributed by atoms with Crippen LogP contribution in [0.3, 0.4) is 0 Å². The highest BCUT2D eigenvalue weighted by atomic mass is 35.5. The third kappa shape index (κ3) is 5.39. The maximum atomic E-state index is 12.7. The number of carbonyl (C=O) groups is 1. The normalized spacial score (nSPS) is 11.6. The summed E-state index contributed by atoms with van der Waals surface area (Å²) < 4.78 is 66.1. The first-order valence-electron chi connectivity index (χ1n) is 8.61. The summed E-state index contributed by atoms with van der Waals surface area (Å²) in [6.45, 7) is 0. The van der Waals surface area contributed by atoms with Crippen molar-refractivity contribution in [2.45, 2.75) is 10.4 Å². The highest BCUT2D eigenvalue weighted by Gasteiger charge is 2.47. The number of anilines is 3. The van der Waals surface area contributed by atoms with E-state index in [1.807, 2.05) is 0 Å². The van der Waals surface area contributed by atoms with Crippen molar-refractivity contribution in [3.63, 3.8) is 0 Å². The van der Waals surface area contributed by atoms with Crippen LogP contribution >= 0.6 is 23.8 Å². The molecular formula is C19H13ClF3N3O4S2. The van der Waals surface area contributed by atoms with Crippen molar-refractivity contribution in [2.75, 3.05) is 16.0 Å². The zero-order valence-electron chi connectivity index (χ0n) is 15.7. The summed E-state index contributed by atoms with van der Waals surface area (Å²) in [4.78, 5) is 10.9. The number of furan rings is 1. The van der Waals surface area contributed by atoms with Crippen LogP contribution in [0.2, 0.25) is 5.02 Å². The second-order valence-electron chi connectivity index (χ2n) is 6.18. The molecule has 0 aliphatic rings. The molecule has 0 saturated heterocycles.